The minimum Gasteiger partial charge on any atom is -0.495 e. The third-order valence-corrected chi connectivity index (χ3v) is 6.20. The summed E-state index contributed by atoms with van der Waals surface area (Å²) >= 11 is 0. The van der Waals surface area contributed by atoms with Crippen LogP contribution < -0.4 is 15.0 Å². The molecule has 0 saturated carbocycles. The van der Waals surface area contributed by atoms with Crippen LogP contribution in [-0.4, -0.2) is 39.5 Å². The van der Waals surface area contributed by atoms with Crippen LogP contribution in [0.15, 0.2) is 65.1 Å². The summed E-state index contributed by atoms with van der Waals surface area (Å²) in [6, 6.07) is 16.9. The first-order valence-corrected chi connectivity index (χ1v) is 11.9. The normalized spacial score (nSPS) is 12.4. The van der Waals surface area contributed by atoms with Crippen molar-refractivity contribution in [3.05, 3.63) is 72.2 Å². The summed E-state index contributed by atoms with van der Waals surface area (Å²) < 4.78 is 13.0. The number of carbonyl (C=O) groups is 2. The van der Waals surface area contributed by atoms with Gasteiger partial charge in [0.05, 0.1) is 18.3 Å². The van der Waals surface area contributed by atoms with Gasteiger partial charge in [-0.1, -0.05) is 36.4 Å². The summed E-state index contributed by atoms with van der Waals surface area (Å²) in [5, 5.41) is 11.4. The van der Waals surface area contributed by atoms with Crippen molar-refractivity contribution in [2.24, 2.45) is 0 Å². The number of benzene rings is 2. The van der Waals surface area contributed by atoms with E-state index in [1.165, 1.54) is 16.7 Å². The van der Waals surface area contributed by atoms with Gasteiger partial charge in [0.1, 0.15) is 29.3 Å². The average Bonchev–Trinajstić information content (AvgIpc) is 3.48. The Morgan fingerprint density at radius 2 is 1.83 bits per heavy atom. The first kappa shape index (κ1) is 25.0. The number of ether oxygens (including phenoxy) is 1. The Labute approximate surface area is 210 Å². The van der Waals surface area contributed by atoms with Crippen LogP contribution in [0.3, 0.4) is 0 Å². The van der Waals surface area contributed by atoms with Crippen LogP contribution in [-0.2, 0) is 16.1 Å². The number of nitrogens with one attached hydrogen (secondary N) is 1. The maximum Gasteiger partial charge on any atom is 0.251 e. The number of carbonyl (C=O) groups excluding carboxylic acids is 2. The van der Waals surface area contributed by atoms with E-state index in [0.29, 0.717) is 40.4 Å². The Bertz CT molecular complexity index is 1370. The van der Waals surface area contributed by atoms with Crippen LogP contribution in [0, 0.1) is 6.92 Å². The molecule has 9 heteroatoms. The molecule has 9 nitrogen and oxygen atoms in total. The SMILES string of the molecule is CCC(C)(C)NC(=O)[C@@H](c1ccc(C)o1)N(C(=O)Cn1nnc2ccccc21)c1ccccc1OC. The predicted molar refractivity (Wildman–Crippen MR) is 137 cm³/mol. The summed E-state index contributed by atoms with van der Waals surface area (Å²) in [5.41, 5.74) is 1.34. The van der Waals surface area contributed by atoms with E-state index >= 15 is 0 Å². The van der Waals surface area contributed by atoms with Crippen molar-refractivity contribution in [1.82, 2.24) is 20.3 Å². The Balaban J connectivity index is 1.84. The van der Waals surface area contributed by atoms with Gasteiger partial charge in [-0.3, -0.25) is 14.5 Å². The van der Waals surface area contributed by atoms with E-state index in [1.54, 1.807) is 37.3 Å². The number of para-hydroxylation sites is 3. The average molecular weight is 490 g/mol. The van der Waals surface area contributed by atoms with Crippen LogP contribution in [0.4, 0.5) is 5.69 Å². The minimum absolute atomic E-state index is 0.140. The second-order valence-corrected chi connectivity index (χ2v) is 9.25. The number of methoxy groups -OCH3 is 1. The lowest BCUT2D eigenvalue weighted by molar-refractivity contribution is -0.128. The fraction of sp³-hybridized carbons (Fsp3) is 0.333. The van der Waals surface area contributed by atoms with Crippen molar-refractivity contribution in [2.45, 2.75) is 52.2 Å². The fourth-order valence-corrected chi connectivity index (χ4v) is 3.95. The van der Waals surface area contributed by atoms with Gasteiger partial charge >= 0.3 is 0 Å². The van der Waals surface area contributed by atoms with Gasteiger partial charge in [-0.05, 0) is 63.6 Å². The van der Waals surface area contributed by atoms with E-state index in [1.807, 2.05) is 51.1 Å². The molecule has 4 aromatic rings. The number of furan rings is 1. The molecular formula is C27H31N5O4. The molecule has 0 aliphatic heterocycles. The van der Waals surface area contributed by atoms with E-state index in [4.69, 9.17) is 9.15 Å². The van der Waals surface area contributed by atoms with Gasteiger partial charge in [-0.25, -0.2) is 4.68 Å². The molecule has 0 saturated heterocycles. The van der Waals surface area contributed by atoms with Crippen LogP contribution in [0.1, 0.15) is 44.8 Å². The smallest absolute Gasteiger partial charge is 0.251 e. The molecule has 36 heavy (non-hydrogen) atoms. The highest BCUT2D eigenvalue weighted by Crippen LogP contribution is 2.36. The first-order chi connectivity index (χ1) is 17.2. The van der Waals surface area contributed by atoms with Crippen molar-refractivity contribution < 1.29 is 18.7 Å². The van der Waals surface area contributed by atoms with Gasteiger partial charge < -0.3 is 14.5 Å². The summed E-state index contributed by atoms with van der Waals surface area (Å²) in [7, 11) is 1.53. The number of amides is 2. The molecule has 1 atom stereocenters. The van der Waals surface area contributed by atoms with E-state index in [0.717, 1.165) is 0 Å². The number of nitrogens with zero attached hydrogens (tertiary/aromatic N) is 4. The van der Waals surface area contributed by atoms with Crippen LogP contribution in [0.25, 0.3) is 11.0 Å². The Kier molecular flexibility index (Phi) is 7.10. The molecule has 188 valence electrons. The standard InChI is InChI=1S/C27H31N5O4/c1-6-27(3,4)28-26(34)25(23-16-15-18(2)36-23)32(21-13-9-10-14-22(21)35-5)24(33)17-31-20-12-8-7-11-19(20)29-30-31/h7-16,25H,6,17H2,1-5H3,(H,28,34)/t25-/m1/s1. The van der Waals surface area contributed by atoms with Crippen LogP contribution in [0.2, 0.25) is 0 Å². The lowest BCUT2D eigenvalue weighted by atomic mass is 10.0. The quantitative estimate of drug-likeness (QED) is 0.373. The van der Waals surface area contributed by atoms with Crippen LogP contribution in [0.5, 0.6) is 5.75 Å². The van der Waals surface area contributed by atoms with E-state index in [-0.39, 0.29) is 18.4 Å². The molecule has 0 aliphatic rings. The monoisotopic (exact) mass is 489 g/mol. The maximum atomic E-state index is 14.0. The highest BCUT2D eigenvalue weighted by atomic mass is 16.5. The van der Waals surface area contributed by atoms with Crippen molar-refractivity contribution in [3.63, 3.8) is 0 Å². The molecule has 2 aromatic heterocycles. The van der Waals surface area contributed by atoms with E-state index in [2.05, 4.69) is 15.6 Å². The van der Waals surface area contributed by atoms with Gasteiger partial charge in [-0.2, -0.15) is 0 Å². The Morgan fingerprint density at radius 1 is 1.11 bits per heavy atom. The number of aromatic nitrogens is 3. The molecule has 2 heterocycles. The number of rotatable bonds is 9. The van der Waals surface area contributed by atoms with Gasteiger partial charge in [-0.15, -0.1) is 5.10 Å². The van der Waals surface area contributed by atoms with Crippen LogP contribution >= 0.6 is 0 Å². The number of fused-ring (bicyclic) bond motifs is 1. The summed E-state index contributed by atoms with van der Waals surface area (Å²) in [4.78, 5) is 29.3. The zero-order valence-electron chi connectivity index (χ0n) is 21.2. The van der Waals surface area contributed by atoms with Crippen molar-refractivity contribution in [3.8, 4) is 5.75 Å². The molecule has 2 amide bonds. The number of hydrogen-bond donors (Lipinski definition) is 1. The second-order valence-electron chi connectivity index (χ2n) is 9.25. The second kappa shape index (κ2) is 10.2. The van der Waals surface area contributed by atoms with Crippen molar-refractivity contribution in [1.29, 1.82) is 0 Å². The van der Waals surface area contributed by atoms with Crippen molar-refractivity contribution >= 4 is 28.5 Å². The molecule has 0 aliphatic carbocycles. The highest BCUT2D eigenvalue weighted by Gasteiger charge is 2.38. The fourth-order valence-electron chi connectivity index (χ4n) is 3.95. The molecule has 0 radical (unpaired) electrons. The lowest BCUT2D eigenvalue weighted by Gasteiger charge is -2.34. The molecule has 4 rings (SSSR count). The summed E-state index contributed by atoms with van der Waals surface area (Å²) in [6.07, 6.45) is 0.705. The zero-order valence-corrected chi connectivity index (χ0v) is 21.2. The summed E-state index contributed by atoms with van der Waals surface area (Å²) in [5.74, 6) is 0.689. The number of hydrogen-bond acceptors (Lipinski definition) is 6. The minimum atomic E-state index is -1.08. The zero-order chi connectivity index (χ0) is 25.9. The molecule has 2 aromatic carbocycles. The first-order valence-electron chi connectivity index (χ1n) is 11.9. The lowest BCUT2D eigenvalue weighted by Crippen LogP contribution is -2.51. The molecule has 0 unspecified atom stereocenters. The molecule has 0 bridgehead atoms. The summed E-state index contributed by atoms with van der Waals surface area (Å²) in [6.45, 7) is 7.52. The highest BCUT2D eigenvalue weighted by molar-refractivity contribution is 6.02. The molecular weight excluding hydrogens is 458 g/mol. The van der Waals surface area contributed by atoms with Gasteiger partial charge in [0.25, 0.3) is 5.91 Å². The topological polar surface area (TPSA) is 102 Å². The molecule has 1 N–H and O–H groups in total. The van der Waals surface area contributed by atoms with Crippen molar-refractivity contribution in [2.75, 3.05) is 12.0 Å². The van der Waals surface area contributed by atoms with Gasteiger partial charge in [0.15, 0.2) is 6.04 Å². The Morgan fingerprint density at radius 3 is 2.53 bits per heavy atom. The largest absolute Gasteiger partial charge is 0.495 e. The maximum absolute atomic E-state index is 14.0. The van der Waals surface area contributed by atoms with Gasteiger partial charge in [0, 0.05) is 5.54 Å². The van der Waals surface area contributed by atoms with E-state index in [9.17, 15) is 9.59 Å². The predicted octanol–water partition coefficient (Wildman–Crippen LogP) is 4.42. The number of anilines is 1. The third-order valence-electron chi connectivity index (χ3n) is 6.20. The Hall–Kier alpha value is -4.14. The molecule has 0 spiro atoms. The third kappa shape index (κ3) is 5.10. The molecule has 0 fully saturated rings. The van der Waals surface area contributed by atoms with Gasteiger partial charge in [0.2, 0.25) is 5.91 Å². The van der Waals surface area contributed by atoms with E-state index < -0.39 is 11.6 Å². The number of aryl methyl sites for hydroxylation is 1.